The van der Waals surface area contributed by atoms with Crippen LogP contribution < -0.4 is 5.32 Å². The zero-order chi connectivity index (χ0) is 21.2. The van der Waals surface area contributed by atoms with Crippen LogP contribution in [0.25, 0.3) is 0 Å². The number of hydrogen-bond acceptors (Lipinski definition) is 8. The first-order chi connectivity index (χ1) is 14.7. The Bertz CT molecular complexity index is 941. The summed E-state index contributed by atoms with van der Waals surface area (Å²) in [5.41, 5.74) is 1.33. The van der Waals surface area contributed by atoms with E-state index >= 15 is 0 Å². The fourth-order valence-electron chi connectivity index (χ4n) is 2.93. The molecule has 0 aliphatic rings. The molecule has 9 heteroatoms. The molecule has 0 saturated heterocycles. The molecule has 3 rings (SSSR count). The molecule has 0 aliphatic heterocycles. The first-order valence-electron chi connectivity index (χ1n) is 10.3. The summed E-state index contributed by atoms with van der Waals surface area (Å²) in [6.07, 6.45) is 10.0. The number of amides is 1. The fraction of sp³-hybridized carbons (Fsp3) is 0.476. The third-order valence-electron chi connectivity index (χ3n) is 4.48. The molecule has 0 atom stereocenters. The molecule has 0 radical (unpaired) electrons. The minimum atomic E-state index is -0.232. The second-order valence-corrected chi connectivity index (χ2v) is 9.07. The number of pyridine rings is 1. The molecule has 7 nitrogen and oxygen atoms in total. The molecule has 3 aromatic heterocycles. The lowest BCUT2D eigenvalue weighted by atomic mass is 10.1. The maximum Gasteiger partial charge on any atom is 0.260 e. The first kappa shape index (κ1) is 22.4. The summed E-state index contributed by atoms with van der Waals surface area (Å²) < 4.78 is 5.09. The van der Waals surface area contributed by atoms with Gasteiger partial charge < -0.3 is 4.52 Å². The molecule has 0 aromatic carbocycles. The minimum absolute atomic E-state index is 0.232. The summed E-state index contributed by atoms with van der Waals surface area (Å²) >= 11 is 2.89. The number of unbranched alkanes of at least 4 members (excludes halogenated alkanes) is 5. The highest BCUT2D eigenvalue weighted by atomic mass is 32.2. The first-order valence-corrected chi connectivity index (χ1v) is 12.1. The van der Waals surface area contributed by atoms with E-state index in [2.05, 4.69) is 32.6 Å². The van der Waals surface area contributed by atoms with Crippen molar-refractivity contribution in [1.82, 2.24) is 20.3 Å². The predicted octanol–water partition coefficient (Wildman–Crippen LogP) is 5.68. The van der Waals surface area contributed by atoms with E-state index in [9.17, 15) is 4.79 Å². The van der Waals surface area contributed by atoms with Gasteiger partial charge in [-0.15, -0.1) is 10.2 Å². The SMILES string of the molecule is CCCCCCCCc1nnc(NC(=O)c2cccnc2SCc2cc(C)on2)s1. The van der Waals surface area contributed by atoms with Gasteiger partial charge >= 0.3 is 0 Å². The maximum absolute atomic E-state index is 12.8. The Balaban J connectivity index is 1.51. The Morgan fingerprint density at radius 3 is 2.83 bits per heavy atom. The highest BCUT2D eigenvalue weighted by Crippen LogP contribution is 2.25. The Morgan fingerprint density at radius 2 is 2.03 bits per heavy atom. The highest BCUT2D eigenvalue weighted by Gasteiger charge is 2.16. The van der Waals surface area contributed by atoms with Crippen LogP contribution in [0.15, 0.2) is 33.9 Å². The summed E-state index contributed by atoms with van der Waals surface area (Å²) in [4.78, 5) is 17.1. The van der Waals surface area contributed by atoms with Crippen LogP contribution in [0.5, 0.6) is 0 Å². The zero-order valence-corrected chi connectivity index (χ0v) is 19.0. The van der Waals surface area contributed by atoms with E-state index in [4.69, 9.17) is 4.52 Å². The van der Waals surface area contributed by atoms with Crippen molar-refractivity contribution < 1.29 is 9.32 Å². The van der Waals surface area contributed by atoms with E-state index in [1.807, 2.05) is 13.0 Å². The van der Waals surface area contributed by atoms with Crippen molar-refractivity contribution in [2.24, 2.45) is 0 Å². The topological polar surface area (TPSA) is 93.8 Å². The van der Waals surface area contributed by atoms with Gasteiger partial charge in [0.25, 0.3) is 5.91 Å². The second kappa shape index (κ2) is 11.8. The number of nitrogens with zero attached hydrogens (tertiary/aromatic N) is 4. The van der Waals surface area contributed by atoms with Crippen LogP contribution in [0, 0.1) is 6.92 Å². The zero-order valence-electron chi connectivity index (χ0n) is 17.4. The molecule has 1 amide bonds. The lowest BCUT2D eigenvalue weighted by Gasteiger charge is -2.06. The minimum Gasteiger partial charge on any atom is -0.361 e. The van der Waals surface area contributed by atoms with E-state index in [0.29, 0.717) is 21.5 Å². The van der Waals surface area contributed by atoms with Crippen LogP contribution in [0.2, 0.25) is 0 Å². The number of rotatable bonds is 12. The van der Waals surface area contributed by atoms with Crippen LogP contribution in [-0.2, 0) is 12.2 Å². The van der Waals surface area contributed by atoms with Crippen molar-refractivity contribution in [2.45, 2.75) is 69.6 Å². The summed E-state index contributed by atoms with van der Waals surface area (Å²) in [7, 11) is 0. The fourth-order valence-corrected chi connectivity index (χ4v) is 4.58. The van der Waals surface area contributed by atoms with E-state index in [0.717, 1.165) is 29.3 Å². The van der Waals surface area contributed by atoms with Gasteiger partial charge in [0.2, 0.25) is 5.13 Å². The summed E-state index contributed by atoms with van der Waals surface area (Å²) in [5.74, 6) is 1.11. The van der Waals surface area contributed by atoms with Gasteiger partial charge in [-0.2, -0.15) is 0 Å². The molecule has 1 N–H and O–H groups in total. The standard InChI is InChI=1S/C21H27N5O2S2/c1-3-4-5-6-7-8-11-18-24-25-21(30-18)23-19(27)17-10-9-12-22-20(17)29-14-16-13-15(2)28-26-16/h9-10,12-13H,3-8,11,14H2,1-2H3,(H,23,25,27). The number of aryl methyl sites for hydroxylation is 2. The molecule has 3 heterocycles. The van der Waals surface area contributed by atoms with Crippen molar-refractivity contribution in [3.8, 4) is 0 Å². The van der Waals surface area contributed by atoms with Crippen LogP contribution in [0.3, 0.4) is 0 Å². The molecule has 0 saturated carbocycles. The third kappa shape index (κ3) is 6.91. The highest BCUT2D eigenvalue weighted by molar-refractivity contribution is 7.98. The molecular formula is C21H27N5O2S2. The number of thioether (sulfide) groups is 1. The normalized spacial score (nSPS) is 11.0. The predicted molar refractivity (Wildman–Crippen MR) is 120 cm³/mol. The molecule has 0 spiro atoms. The van der Waals surface area contributed by atoms with Gasteiger partial charge in [0.1, 0.15) is 15.8 Å². The third-order valence-corrected chi connectivity index (χ3v) is 6.42. The van der Waals surface area contributed by atoms with E-state index in [-0.39, 0.29) is 5.91 Å². The maximum atomic E-state index is 12.8. The van der Waals surface area contributed by atoms with Gasteiger partial charge in [0.05, 0.1) is 11.3 Å². The average molecular weight is 446 g/mol. The lowest BCUT2D eigenvalue weighted by molar-refractivity contribution is 0.102. The van der Waals surface area contributed by atoms with Crippen molar-refractivity contribution in [1.29, 1.82) is 0 Å². The van der Waals surface area contributed by atoms with Crippen molar-refractivity contribution >= 4 is 34.1 Å². The molecule has 30 heavy (non-hydrogen) atoms. The number of anilines is 1. The van der Waals surface area contributed by atoms with E-state index < -0.39 is 0 Å². The quantitative estimate of drug-likeness (QED) is 0.283. The Kier molecular flexibility index (Phi) is 8.82. The molecule has 0 aliphatic carbocycles. The van der Waals surface area contributed by atoms with Crippen LogP contribution >= 0.6 is 23.1 Å². The molecule has 3 aromatic rings. The molecule has 0 bridgehead atoms. The van der Waals surface area contributed by atoms with Crippen molar-refractivity contribution in [3.05, 3.63) is 46.4 Å². The second-order valence-electron chi connectivity index (χ2n) is 7.05. The van der Waals surface area contributed by atoms with Crippen LogP contribution in [-0.4, -0.2) is 26.2 Å². The number of hydrogen-bond donors (Lipinski definition) is 1. The molecule has 160 valence electrons. The monoisotopic (exact) mass is 445 g/mol. The van der Waals surface area contributed by atoms with Crippen LogP contribution in [0.1, 0.15) is 72.3 Å². The largest absolute Gasteiger partial charge is 0.361 e. The average Bonchev–Trinajstić information content (AvgIpc) is 3.37. The van der Waals surface area contributed by atoms with E-state index in [1.54, 1.807) is 18.3 Å². The lowest BCUT2D eigenvalue weighted by Crippen LogP contribution is -2.13. The summed E-state index contributed by atoms with van der Waals surface area (Å²) in [5, 5.41) is 17.3. The Morgan fingerprint density at radius 1 is 1.20 bits per heavy atom. The van der Waals surface area contributed by atoms with Crippen LogP contribution in [0.4, 0.5) is 5.13 Å². The number of nitrogens with one attached hydrogen (secondary N) is 1. The van der Waals surface area contributed by atoms with Gasteiger partial charge in [-0.05, 0) is 25.5 Å². The van der Waals surface area contributed by atoms with Gasteiger partial charge in [-0.25, -0.2) is 4.98 Å². The molecule has 0 unspecified atom stereocenters. The smallest absolute Gasteiger partial charge is 0.260 e. The van der Waals surface area contributed by atoms with Gasteiger partial charge in [-0.1, -0.05) is 67.3 Å². The number of aromatic nitrogens is 4. The number of carbonyl (C=O) groups is 1. The molecular weight excluding hydrogens is 418 g/mol. The Hall–Kier alpha value is -2.26. The van der Waals surface area contributed by atoms with Gasteiger partial charge in [0, 0.05) is 24.4 Å². The Labute approximate surface area is 185 Å². The summed E-state index contributed by atoms with van der Waals surface area (Å²) in [6, 6.07) is 5.39. The van der Waals surface area contributed by atoms with Crippen molar-refractivity contribution in [3.63, 3.8) is 0 Å². The van der Waals surface area contributed by atoms with Crippen molar-refractivity contribution in [2.75, 3.05) is 5.32 Å². The van der Waals surface area contributed by atoms with Gasteiger partial charge in [-0.3, -0.25) is 10.1 Å². The molecule has 0 fully saturated rings. The van der Waals surface area contributed by atoms with E-state index in [1.165, 1.54) is 55.2 Å². The van der Waals surface area contributed by atoms with Gasteiger partial charge in [0.15, 0.2) is 0 Å². The number of carbonyl (C=O) groups excluding carboxylic acids is 1. The summed E-state index contributed by atoms with van der Waals surface area (Å²) in [6.45, 7) is 4.07.